The highest BCUT2D eigenvalue weighted by Crippen LogP contribution is 2.17. The lowest BCUT2D eigenvalue weighted by atomic mass is 10.1. The van der Waals surface area contributed by atoms with Crippen LogP contribution < -0.4 is 11.2 Å². The minimum Gasteiger partial charge on any atom is -0.304 e. The summed E-state index contributed by atoms with van der Waals surface area (Å²) < 4.78 is 0. The molecule has 1 amide bonds. The molecule has 0 saturated heterocycles. The maximum absolute atomic E-state index is 10.9. The van der Waals surface area contributed by atoms with Crippen molar-refractivity contribution < 1.29 is 9.63 Å². The summed E-state index contributed by atoms with van der Waals surface area (Å²) in [6.45, 7) is 2.02. The molecule has 0 atom stereocenters. The van der Waals surface area contributed by atoms with Crippen molar-refractivity contribution in [2.24, 2.45) is 5.90 Å². The molecule has 1 aromatic heterocycles. The van der Waals surface area contributed by atoms with Crippen molar-refractivity contribution in [2.75, 3.05) is 11.9 Å². The number of anilines is 1. The molecule has 6 heteroatoms. The molecule has 0 spiro atoms. The first-order valence-corrected chi connectivity index (χ1v) is 7.67. The zero-order valence-electron chi connectivity index (χ0n) is 12.0. The zero-order chi connectivity index (χ0) is 15.1. The van der Waals surface area contributed by atoms with Crippen molar-refractivity contribution in [1.82, 2.24) is 4.98 Å². The highest BCUT2D eigenvalue weighted by atomic mass is 32.1. The summed E-state index contributed by atoms with van der Waals surface area (Å²) in [7, 11) is 0. The molecule has 112 valence electrons. The van der Waals surface area contributed by atoms with Gasteiger partial charge in [0.1, 0.15) is 0 Å². The molecule has 0 aliphatic heterocycles. The number of nitrogens with two attached hydrogens (primary N) is 1. The monoisotopic (exact) mass is 305 g/mol. The third kappa shape index (κ3) is 5.26. The third-order valence-electron chi connectivity index (χ3n) is 3.04. The Labute approximate surface area is 128 Å². The maximum atomic E-state index is 10.9. The predicted octanol–water partition coefficient (Wildman–Crippen LogP) is 2.32. The maximum Gasteiger partial charge on any atom is 0.223 e. The van der Waals surface area contributed by atoms with E-state index in [4.69, 9.17) is 5.90 Å². The highest BCUT2D eigenvalue weighted by molar-refractivity contribution is 7.13. The fraction of sp³-hybridized carbons (Fsp3) is 0.333. The van der Waals surface area contributed by atoms with Crippen LogP contribution in [0, 0.1) is 0 Å². The molecule has 0 radical (unpaired) electrons. The number of rotatable bonds is 7. The quantitative estimate of drug-likeness (QED) is 0.770. The molecule has 2 rings (SSSR count). The number of thiazole rings is 1. The summed E-state index contributed by atoms with van der Waals surface area (Å²) in [4.78, 5) is 19.9. The number of aryl methyl sites for hydroxylation is 2. The normalized spacial score (nSPS) is 10.6. The molecule has 0 saturated carbocycles. The van der Waals surface area contributed by atoms with Crippen LogP contribution in [-0.4, -0.2) is 17.5 Å². The summed E-state index contributed by atoms with van der Waals surface area (Å²) in [6, 6.07) is 8.43. The summed E-state index contributed by atoms with van der Waals surface area (Å²) in [5.74, 6) is 4.93. The zero-order valence-corrected chi connectivity index (χ0v) is 12.8. The number of hydrogen-bond acceptors (Lipinski definition) is 5. The number of nitrogens with one attached hydrogen (secondary N) is 1. The molecule has 0 aliphatic rings. The Morgan fingerprint density at radius 1 is 1.24 bits per heavy atom. The number of carbonyl (C=O) groups excluding carboxylic acids is 1. The van der Waals surface area contributed by atoms with E-state index in [1.807, 2.05) is 5.38 Å². The second-order valence-corrected chi connectivity index (χ2v) is 5.62. The van der Waals surface area contributed by atoms with E-state index in [1.165, 1.54) is 29.4 Å². The van der Waals surface area contributed by atoms with Crippen LogP contribution in [0.4, 0.5) is 5.13 Å². The first kappa shape index (κ1) is 15.6. The summed E-state index contributed by atoms with van der Waals surface area (Å²) >= 11 is 1.46. The Morgan fingerprint density at radius 3 is 2.52 bits per heavy atom. The number of nitrogens with zero attached hydrogens (tertiary/aromatic N) is 1. The fourth-order valence-electron chi connectivity index (χ4n) is 1.95. The van der Waals surface area contributed by atoms with Gasteiger partial charge in [-0.2, -0.15) is 0 Å². The van der Waals surface area contributed by atoms with E-state index in [9.17, 15) is 4.79 Å². The SMILES string of the molecule is CC(=O)Nc1nc(CCc2ccc(CCON)cc2)cs1. The van der Waals surface area contributed by atoms with Crippen LogP contribution in [0.15, 0.2) is 29.6 Å². The number of carbonyl (C=O) groups is 1. The van der Waals surface area contributed by atoms with E-state index >= 15 is 0 Å². The Kier molecular flexibility index (Phi) is 5.86. The smallest absolute Gasteiger partial charge is 0.223 e. The van der Waals surface area contributed by atoms with Gasteiger partial charge in [0, 0.05) is 12.3 Å². The van der Waals surface area contributed by atoms with Gasteiger partial charge in [-0.15, -0.1) is 11.3 Å². The van der Waals surface area contributed by atoms with Crippen molar-refractivity contribution in [3.05, 3.63) is 46.5 Å². The van der Waals surface area contributed by atoms with Crippen molar-refractivity contribution in [1.29, 1.82) is 0 Å². The third-order valence-corrected chi connectivity index (χ3v) is 3.84. The minimum absolute atomic E-state index is 0.0899. The van der Waals surface area contributed by atoms with Crippen LogP contribution in [0.1, 0.15) is 23.7 Å². The average Bonchev–Trinajstić information content (AvgIpc) is 2.91. The Morgan fingerprint density at radius 2 is 1.90 bits per heavy atom. The Bertz CT molecular complexity index is 581. The molecule has 21 heavy (non-hydrogen) atoms. The van der Waals surface area contributed by atoms with E-state index in [0.717, 1.165) is 25.0 Å². The van der Waals surface area contributed by atoms with E-state index in [1.54, 1.807) is 0 Å². The van der Waals surface area contributed by atoms with E-state index in [-0.39, 0.29) is 5.91 Å². The molecule has 0 aliphatic carbocycles. The van der Waals surface area contributed by atoms with Crippen molar-refractivity contribution in [2.45, 2.75) is 26.2 Å². The van der Waals surface area contributed by atoms with Crippen LogP contribution in [-0.2, 0) is 28.9 Å². The first-order valence-electron chi connectivity index (χ1n) is 6.79. The van der Waals surface area contributed by atoms with Gasteiger partial charge in [0.25, 0.3) is 0 Å². The van der Waals surface area contributed by atoms with E-state index in [0.29, 0.717) is 11.7 Å². The van der Waals surface area contributed by atoms with Crippen LogP contribution >= 0.6 is 11.3 Å². The largest absolute Gasteiger partial charge is 0.304 e. The second-order valence-electron chi connectivity index (χ2n) is 4.76. The van der Waals surface area contributed by atoms with Crippen molar-refractivity contribution >= 4 is 22.4 Å². The molecular weight excluding hydrogens is 286 g/mol. The van der Waals surface area contributed by atoms with Gasteiger partial charge in [0.15, 0.2) is 5.13 Å². The molecule has 2 aromatic rings. The standard InChI is InChI=1S/C15H19N3O2S/c1-11(19)17-15-18-14(10-21-15)7-6-12-2-4-13(5-3-12)8-9-20-16/h2-5,10H,6-9,16H2,1H3,(H,17,18,19). The van der Waals surface area contributed by atoms with Gasteiger partial charge < -0.3 is 10.2 Å². The molecule has 3 N–H and O–H groups in total. The van der Waals surface area contributed by atoms with Gasteiger partial charge in [-0.1, -0.05) is 24.3 Å². The van der Waals surface area contributed by atoms with Gasteiger partial charge >= 0.3 is 0 Å². The predicted molar refractivity (Wildman–Crippen MR) is 84.1 cm³/mol. The van der Waals surface area contributed by atoms with E-state index in [2.05, 4.69) is 39.4 Å². The molecule has 0 unspecified atom stereocenters. The lowest BCUT2D eigenvalue weighted by Crippen LogP contribution is -2.05. The van der Waals surface area contributed by atoms with Gasteiger partial charge in [0.2, 0.25) is 5.91 Å². The molecule has 1 aromatic carbocycles. The van der Waals surface area contributed by atoms with Gasteiger partial charge in [-0.05, 0) is 30.4 Å². The Hall–Kier alpha value is -1.76. The topological polar surface area (TPSA) is 77.2 Å². The van der Waals surface area contributed by atoms with E-state index < -0.39 is 0 Å². The average molecular weight is 305 g/mol. The van der Waals surface area contributed by atoms with Crippen molar-refractivity contribution in [3.63, 3.8) is 0 Å². The van der Waals surface area contributed by atoms with Crippen LogP contribution in [0.3, 0.4) is 0 Å². The molecule has 0 fully saturated rings. The molecule has 1 heterocycles. The lowest BCUT2D eigenvalue weighted by molar-refractivity contribution is -0.114. The van der Waals surface area contributed by atoms with Crippen molar-refractivity contribution in [3.8, 4) is 0 Å². The van der Waals surface area contributed by atoms with Crippen LogP contribution in [0.25, 0.3) is 0 Å². The van der Waals surface area contributed by atoms with Crippen LogP contribution in [0.5, 0.6) is 0 Å². The second kappa shape index (κ2) is 7.87. The number of benzene rings is 1. The summed E-state index contributed by atoms with van der Waals surface area (Å²) in [5, 5.41) is 5.34. The Balaban J connectivity index is 1.84. The first-order chi connectivity index (χ1) is 10.2. The fourth-order valence-corrected chi connectivity index (χ4v) is 2.74. The number of hydrogen-bond donors (Lipinski definition) is 2. The molecule has 5 nitrogen and oxygen atoms in total. The van der Waals surface area contributed by atoms with Gasteiger partial charge in [-0.25, -0.2) is 10.9 Å². The van der Waals surface area contributed by atoms with Gasteiger partial charge in [0.05, 0.1) is 12.3 Å². The summed E-state index contributed by atoms with van der Waals surface area (Å²) in [5.41, 5.74) is 3.48. The van der Waals surface area contributed by atoms with Gasteiger partial charge in [-0.3, -0.25) is 4.79 Å². The lowest BCUT2D eigenvalue weighted by Gasteiger charge is -2.03. The van der Waals surface area contributed by atoms with Crippen LogP contribution in [0.2, 0.25) is 0 Å². The molecular formula is C15H19N3O2S. The highest BCUT2D eigenvalue weighted by Gasteiger charge is 2.04. The number of amides is 1. The minimum atomic E-state index is -0.0899. The molecule has 0 bridgehead atoms. The summed E-state index contributed by atoms with van der Waals surface area (Å²) in [6.07, 6.45) is 2.61. The number of aromatic nitrogens is 1.